The maximum Gasteiger partial charge on any atom is 0.246 e. The van der Waals surface area contributed by atoms with Crippen LogP contribution in [0, 0.1) is 20.8 Å². The summed E-state index contributed by atoms with van der Waals surface area (Å²) in [4.78, 5) is 28.0. The van der Waals surface area contributed by atoms with Gasteiger partial charge in [-0.15, -0.1) is 0 Å². The van der Waals surface area contributed by atoms with Gasteiger partial charge >= 0.3 is 0 Å². The van der Waals surface area contributed by atoms with E-state index in [4.69, 9.17) is 0 Å². The predicted molar refractivity (Wildman–Crippen MR) is 120 cm³/mol. The molecule has 1 N–H and O–H groups in total. The van der Waals surface area contributed by atoms with Crippen molar-refractivity contribution in [3.63, 3.8) is 0 Å². The Morgan fingerprint density at radius 2 is 2.03 bits per heavy atom. The average molecular weight is 418 g/mol. The first-order valence-electron chi connectivity index (χ1n) is 10.4. The topological polar surface area (TPSA) is 88.8 Å². The SMILES string of the molecule is Cc1nc(Nc2ccccn2)cc([C@H]2CCN(C(=O)/C=C/c3c(C)nn(C)c3C)C2)n1. The molecular weight excluding hydrogens is 390 g/mol. The van der Waals surface area contributed by atoms with Crippen LogP contribution in [0.5, 0.6) is 0 Å². The van der Waals surface area contributed by atoms with Gasteiger partial charge in [-0.1, -0.05) is 6.07 Å². The molecule has 0 radical (unpaired) electrons. The largest absolute Gasteiger partial charge is 0.338 e. The van der Waals surface area contributed by atoms with Crippen LogP contribution in [-0.2, 0) is 11.8 Å². The molecule has 0 bridgehead atoms. The molecule has 0 aliphatic carbocycles. The summed E-state index contributed by atoms with van der Waals surface area (Å²) in [7, 11) is 1.91. The molecule has 8 nitrogen and oxygen atoms in total. The normalized spacial score (nSPS) is 16.3. The Kier molecular flexibility index (Phi) is 5.79. The number of hydrogen-bond acceptors (Lipinski definition) is 6. The van der Waals surface area contributed by atoms with Crippen LogP contribution < -0.4 is 5.32 Å². The van der Waals surface area contributed by atoms with Crippen molar-refractivity contribution in [2.45, 2.75) is 33.1 Å². The van der Waals surface area contributed by atoms with Gasteiger partial charge in [0.2, 0.25) is 5.91 Å². The molecule has 4 rings (SSSR count). The number of nitrogens with one attached hydrogen (secondary N) is 1. The standard InChI is InChI=1S/C23H27N7O/c1-15-19(16(2)29(4)28-15)8-9-23(31)30-12-10-18(14-30)20-13-22(26-17(3)25-20)27-21-7-5-6-11-24-21/h5-9,11,13,18H,10,12,14H2,1-4H3,(H,24,25,26,27)/b9-8+/t18-/m0/s1. The minimum atomic E-state index is 0.0164. The van der Waals surface area contributed by atoms with Crippen molar-refractivity contribution in [2.24, 2.45) is 7.05 Å². The molecular formula is C23H27N7O. The summed E-state index contributed by atoms with van der Waals surface area (Å²) in [5.74, 6) is 2.35. The highest BCUT2D eigenvalue weighted by Gasteiger charge is 2.28. The lowest BCUT2D eigenvalue weighted by Gasteiger charge is -2.15. The highest BCUT2D eigenvalue weighted by Crippen LogP contribution is 2.28. The van der Waals surface area contributed by atoms with Gasteiger partial charge in [0.15, 0.2) is 0 Å². The molecule has 1 aliphatic rings. The molecule has 1 aliphatic heterocycles. The number of nitrogens with zero attached hydrogens (tertiary/aromatic N) is 6. The van der Waals surface area contributed by atoms with Crippen LogP contribution in [0.1, 0.15) is 40.8 Å². The molecule has 31 heavy (non-hydrogen) atoms. The molecule has 3 aromatic rings. The van der Waals surface area contributed by atoms with Crippen LogP contribution in [0.25, 0.3) is 6.08 Å². The molecule has 1 atom stereocenters. The quantitative estimate of drug-likeness (QED) is 0.641. The fraction of sp³-hybridized carbons (Fsp3) is 0.348. The predicted octanol–water partition coefficient (Wildman–Crippen LogP) is 3.30. The molecule has 0 aromatic carbocycles. The zero-order chi connectivity index (χ0) is 22.0. The minimum absolute atomic E-state index is 0.0164. The summed E-state index contributed by atoms with van der Waals surface area (Å²) in [5.41, 5.74) is 3.92. The summed E-state index contributed by atoms with van der Waals surface area (Å²) < 4.78 is 1.83. The Morgan fingerprint density at radius 1 is 1.19 bits per heavy atom. The van der Waals surface area contributed by atoms with Gasteiger partial charge in [0.1, 0.15) is 17.5 Å². The summed E-state index contributed by atoms with van der Waals surface area (Å²) in [6.45, 7) is 7.20. The van der Waals surface area contributed by atoms with Crippen molar-refractivity contribution in [3.05, 3.63) is 65.0 Å². The number of aryl methyl sites for hydroxylation is 3. The van der Waals surface area contributed by atoms with Crippen molar-refractivity contribution < 1.29 is 4.79 Å². The maximum absolute atomic E-state index is 12.8. The number of hydrogen-bond donors (Lipinski definition) is 1. The number of carbonyl (C=O) groups is 1. The van der Waals surface area contributed by atoms with E-state index in [0.717, 1.165) is 34.9 Å². The summed E-state index contributed by atoms with van der Waals surface area (Å²) in [6, 6.07) is 7.65. The van der Waals surface area contributed by atoms with Crippen LogP contribution in [0.15, 0.2) is 36.5 Å². The second kappa shape index (κ2) is 8.67. The highest BCUT2D eigenvalue weighted by atomic mass is 16.2. The second-order valence-corrected chi connectivity index (χ2v) is 7.88. The monoisotopic (exact) mass is 417 g/mol. The molecule has 1 fully saturated rings. The number of pyridine rings is 1. The first kappa shape index (κ1) is 20.7. The third-order valence-electron chi connectivity index (χ3n) is 5.65. The van der Waals surface area contributed by atoms with E-state index in [1.54, 1.807) is 12.3 Å². The number of carbonyl (C=O) groups excluding carboxylic acids is 1. The van der Waals surface area contributed by atoms with Crippen molar-refractivity contribution >= 4 is 23.6 Å². The van der Waals surface area contributed by atoms with Crippen molar-refractivity contribution in [2.75, 3.05) is 18.4 Å². The average Bonchev–Trinajstić information content (AvgIpc) is 3.32. The molecule has 1 saturated heterocycles. The lowest BCUT2D eigenvalue weighted by molar-refractivity contribution is -0.124. The fourth-order valence-electron chi connectivity index (χ4n) is 3.92. The molecule has 1 amide bonds. The smallest absolute Gasteiger partial charge is 0.246 e. The van der Waals surface area contributed by atoms with Crippen LogP contribution >= 0.6 is 0 Å². The maximum atomic E-state index is 12.8. The number of anilines is 2. The van der Waals surface area contributed by atoms with Crippen LogP contribution in [-0.4, -0.2) is 48.6 Å². The molecule has 0 saturated carbocycles. The zero-order valence-electron chi connectivity index (χ0n) is 18.3. The van der Waals surface area contributed by atoms with E-state index < -0.39 is 0 Å². The van der Waals surface area contributed by atoms with Gasteiger partial charge in [-0.3, -0.25) is 9.48 Å². The van der Waals surface area contributed by atoms with Crippen LogP contribution in [0.3, 0.4) is 0 Å². The van der Waals surface area contributed by atoms with E-state index in [1.165, 1.54) is 0 Å². The zero-order valence-corrected chi connectivity index (χ0v) is 18.3. The van der Waals surface area contributed by atoms with E-state index in [2.05, 4.69) is 25.4 Å². The van der Waals surface area contributed by atoms with Gasteiger partial charge in [-0.2, -0.15) is 5.10 Å². The number of amides is 1. The lowest BCUT2D eigenvalue weighted by atomic mass is 10.0. The third kappa shape index (κ3) is 4.63. The molecule has 3 aromatic heterocycles. The summed E-state index contributed by atoms with van der Waals surface area (Å²) in [6.07, 6.45) is 6.14. The van der Waals surface area contributed by atoms with Crippen molar-refractivity contribution in [1.82, 2.24) is 29.6 Å². The first-order chi connectivity index (χ1) is 14.9. The van der Waals surface area contributed by atoms with Gasteiger partial charge in [0, 0.05) is 55.7 Å². The molecule has 4 heterocycles. The van der Waals surface area contributed by atoms with Gasteiger partial charge in [-0.25, -0.2) is 15.0 Å². The number of rotatable bonds is 5. The second-order valence-electron chi connectivity index (χ2n) is 7.88. The molecule has 160 valence electrons. The number of likely N-dealkylation sites (tertiary alicyclic amines) is 1. The third-order valence-corrected chi connectivity index (χ3v) is 5.65. The Labute approximate surface area is 182 Å². The van der Waals surface area contributed by atoms with Crippen LogP contribution in [0.4, 0.5) is 11.6 Å². The van der Waals surface area contributed by atoms with E-state index >= 15 is 0 Å². The van der Waals surface area contributed by atoms with Crippen LogP contribution in [0.2, 0.25) is 0 Å². The Morgan fingerprint density at radius 3 is 2.74 bits per heavy atom. The summed E-state index contributed by atoms with van der Waals surface area (Å²) in [5, 5.41) is 7.63. The van der Waals surface area contributed by atoms with Crippen molar-refractivity contribution in [1.29, 1.82) is 0 Å². The van der Waals surface area contributed by atoms with Gasteiger partial charge in [0.05, 0.1) is 11.4 Å². The minimum Gasteiger partial charge on any atom is -0.338 e. The molecule has 0 spiro atoms. The van der Waals surface area contributed by atoms with E-state index in [9.17, 15) is 4.79 Å². The highest BCUT2D eigenvalue weighted by molar-refractivity contribution is 5.92. The molecule has 0 unspecified atom stereocenters. The number of aromatic nitrogens is 5. The van der Waals surface area contributed by atoms with Crippen molar-refractivity contribution in [3.8, 4) is 0 Å². The first-order valence-corrected chi connectivity index (χ1v) is 10.4. The Bertz CT molecular complexity index is 1120. The molecule has 8 heteroatoms. The van der Waals surface area contributed by atoms with Gasteiger partial charge < -0.3 is 10.2 Å². The summed E-state index contributed by atoms with van der Waals surface area (Å²) >= 11 is 0. The Hall–Kier alpha value is -3.55. The van der Waals surface area contributed by atoms with E-state index in [1.807, 2.05) is 67.7 Å². The van der Waals surface area contributed by atoms with E-state index in [0.29, 0.717) is 24.7 Å². The lowest BCUT2D eigenvalue weighted by Crippen LogP contribution is -2.26. The van der Waals surface area contributed by atoms with Gasteiger partial charge in [-0.05, 0) is 45.4 Å². The Balaban J connectivity index is 1.44. The fourth-order valence-corrected chi connectivity index (χ4v) is 3.92. The van der Waals surface area contributed by atoms with Gasteiger partial charge in [0.25, 0.3) is 0 Å². The van der Waals surface area contributed by atoms with E-state index in [-0.39, 0.29) is 11.8 Å².